The van der Waals surface area contributed by atoms with E-state index in [2.05, 4.69) is 4.42 Å². The van der Waals surface area contributed by atoms with Crippen LogP contribution in [0, 0.1) is 6.92 Å². The average Bonchev–Trinajstić information content (AvgIpc) is 2.24. The predicted octanol–water partition coefficient (Wildman–Crippen LogP) is -2.42. The summed E-state index contributed by atoms with van der Waals surface area (Å²) in [5.74, 6) is -4.07. The van der Waals surface area contributed by atoms with Crippen LogP contribution < -0.4 is 21.4 Å². The Morgan fingerprint density at radius 2 is 1.74 bits per heavy atom. The molecule has 1 aliphatic heterocycles. The largest absolute Gasteiger partial charge is 0.872 e. The van der Waals surface area contributed by atoms with Gasteiger partial charge >= 0.3 is 11.7 Å². The van der Waals surface area contributed by atoms with Crippen molar-refractivity contribution in [2.24, 2.45) is 0 Å². The second-order valence-electron chi connectivity index (χ2n) is 3.83. The molecule has 0 radical (unpaired) electrons. The molecule has 1 aliphatic rings. The Hall–Kier alpha value is -2.68. The van der Waals surface area contributed by atoms with Crippen molar-refractivity contribution in [2.75, 3.05) is 0 Å². The summed E-state index contributed by atoms with van der Waals surface area (Å²) in [6, 6.07) is -0.324. The highest BCUT2D eigenvalue weighted by molar-refractivity contribution is 6.21. The van der Waals surface area contributed by atoms with Crippen molar-refractivity contribution in [1.82, 2.24) is 10.6 Å². The number of barbiturate groups is 1. The van der Waals surface area contributed by atoms with Gasteiger partial charge in [0.05, 0.1) is 5.56 Å². The molecule has 9 nitrogen and oxygen atoms in total. The lowest BCUT2D eigenvalue weighted by molar-refractivity contribution is -0.272. The van der Waals surface area contributed by atoms with Crippen LogP contribution in [0.2, 0.25) is 0 Å². The Kier molecular flexibility index (Phi) is 2.63. The molecule has 0 atom stereocenters. The lowest BCUT2D eigenvalue weighted by Crippen LogP contribution is -2.65. The van der Waals surface area contributed by atoms with Crippen molar-refractivity contribution in [2.45, 2.75) is 12.5 Å². The highest BCUT2D eigenvalue weighted by atomic mass is 16.4. The van der Waals surface area contributed by atoms with Crippen LogP contribution in [0.25, 0.3) is 0 Å². The summed E-state index contributed by atoms with van der Waals surface area (Å²) < 4.78 is 4.57. The van der Waals surface area contributed by atoms with Crippen LogP contribution in [0.3, 0.4) is 0 Å². The zero-order valence-corrected chi connectivity index (χ0v) is 9.47. The maximum atomic E-state index is 11.7. The normalized spacial score (nSPS) is 17.9. The zero-order valence-electron chi connectivity index (χ0n) is 9.47. The van der Waals surface area contributed by atoms with E-state index in [0.29, 0.717) is 0 Å². The third kappa shape index (κ3) is 1.76. The summed E-state index contributed by atoms with van der Waals surface area (Å²) in [5, 5.41) is 24.9. The summed E-state index contributed by atoms with van der Waals surface area (Å²) >= 11 is 0. The van der Waals surface area contributed by atoms with Crippen molar-refractivity contribution in [1.29, 1.82) is 0 Å². The maximum absolute atomic E-state index is 11.7. The number of rotatable bonds is 1. The molecular formula is C10H7N2O7-. The third-order valence-electron chi connectivity index (χ3n) is 2.51. The lowest BCUT2D eigenvalue weighted by atomic mass is 9.91. The Morgan fingerprint density at radius 3 is 2.21 bits per heavy atom. The molecule has 9 heteroatoms. The molecule has 0 unspecified atom stereocenters. The summed E-state index contributed by atoms with van der Waals surface area (Å²) in [6.07, 6.45) is 0. The molecule has 0 bridgehead atoms. The molecule has 100 valence electrons. The monoisotopic (exact) mass is 267 g/mol. The van der Waals surface area contributed by atoms with Gasteiger partial charge in [0.25, 0.3) is 17.4 Å². The van der Waals surface area contributed by atoms with Gasteiger partial charge in [-0.1, -0.05) is 5.75 Å². The van der Waals surface area contributed by atoms with E-state index < -0.39 is 40.4 Å². The van der Waals surface area contributed by atoms with Crippen LogP contribution in [-0.4, -0.2) is 23.0 Å². The fraction of sp³-hybridized carbons (Fsp3) is 0.200. The van der Waals surface area contributed by atoms with E-state index in [9.17, 15) is 29.4 Å². The van der Waals surface area contributed by atoms with Crippen molar-refractivity contribution >= 4 is 17.8 Å². The molecule has 1 saturated heterocycles. The summed E-state index contributed by atoms with van der Waals surface area (Å²) in [5.41, 5.74) is -5.49. The first-order chi connectivity index (χ1) is 8.76. The van der Waals surface area contributed by atoms with Crippen molar-refractivity contribution < 1.29 is 29.0 Å². The van der Waals surface area contributed by atoms with Gasteiger partial charge in [-0.3, -0.25) is 20.2 Å². The summed E-state index contributed by atoms with van der Waals surface area (Å²) in [4.78, 5) is 45.6. The number of aryl methyl sites for hydroxylation is 1. The number of carbonyl (C=O) groups is 3. The van der Waals surface area contributed by atoms with Crippen molar-refractivity contribution in [3.8, 4) is 5.75 Å². The molecule has 0 spiro atoms. The number of amides is 4. The first-order valence-electron chi connectivity index (χ1n) is 4.98. The van der Waals surface area contributed by atoms with Crippen LogP contribution in [0.15, 0.2) is 15.3 Å². The standard InChI is InChI=1S/C10H8N2O7/c1-3-2-4(13)5(6(14)19-3)10(18)7(15)11-9(17)12-8(10)16/h2,13,18H,1H3,(H2,11,12,15,16,17)/p-1. The molecule has 0 aromatic carbocycles. The van der Waals surface area contributed by atoms with Crippen LogP contribution in [-0.2, 0) is 15.2 Å². The molecule has 19 heavy (non-hydrogen) atoms. The second-order valence-corrected chi connectivity index (χ2v) is 3.83. The number of imide groups is 2. The van der Waals surface area contributed by atoms with E-state index in [4.69, 9.17) is 0 Å². The Labute approximate surface area is 104 Å². The van der Waals surface area contributed by atoms with Gasteiger partial charge in [-0.05, 0) is 13.0 Å². The molecule has 4 amide bonds. The number of nitrogens with one attached hydrogen (secondary N) is 2. The molecule has 2 rings (SSSR count). The van der Waals surface area contributed by atoms with Crippen LogP contribution in [0.1, 0.15) is 11.3 Å². The van der Waals surface area contributed by atoms with E-state index >= 15 is 0 Å². The van der Waals surface area contributed by atoms with Gasteiger partial charge in [0, 0.05) is 0 Å². The van der Waals surface area contributed by atoms with E-state index in [-0.39, 0.29) is 5.76 Å². The number of hydrogen-bond donors (Lipinski definition) is 3. The van der Waals surface area contributed by atoms with Gasteiger partial charge in [0.1, 0.15) is 5.76 Å². The summed E-state index contributed by atoms with van der Waals surface area (Å²) in [7, 11) is 0. The molecule has 3 N–H and O–H groups in total. The van der Waals surface area contributed by atoms with Crippen LogP contribution in [0.5, 0.6) is 5.75 Å². The van der Waals surface area contributed by atoms with E-state index in [1.165, 1.54) is 6.92 Å². The Morgan fingerprint density at radius 1 is 1.21 bits per heavy atom. The number of hydrogen-bond acceptors (Lipinski definition) is 7. The zero-order chi connectivity index (χ0) is 14.4. The highest BCUT2D eigenvalue weighted by Gasteiger charge is 2.52. The average molecular weight is 267 g/mol. The molecule has 0 saturated carbocycles. The maximum Gasteiger partial charge on any atom is 0.342 e. The second kappa shape index (κ2) is 3.92. The molecule has 1 fully saturated rings. The van der Waals surface area contributed by atoms with Gasteiger partial charge in [-0.15, -0.1) is 0 Å². The van der Waals surface area contributed by atoms with E-state index in [1.807, 2.05) is 0 Å². The molecule has 1 aromatic rings. The van der Waals surface area contributed by atoms with E-state index in [0.717, 1.165) is 6.07 Å². The lowest BCUT2D eigenvalue weighted by Gasteiger charge is -2.30. The summed E-state index contributed by atoms with van der Waals surface area (Å²) in [6.45, 7) is 1.31. The van der Waals surface area contributed by atoms with Gasteiger partial charge in [-0.2, -0.15) is 0 Å². The van der Waals surface area contributed by atoms with Crippen molar-refractivity contribution in [3.63, 3.8) is 0 Å². The van der Waals surface area contributed by atoms with Gasteiger partial charge < -0.3 is 14.6 Å². The highest BCUT2D eigenvalue weighted by Crippen LogP contribution is 2.27. The van der Waals surface area contributed by atoms with Crippen molar-refractivity contribution in [3.05, 3.63) is 27.8 Å². The van der Waals surface area contributed by atoms with Gasteiger partial charge in [-0.25, -0.2) is 9.59 Å². The number of carbonyl (C=O) groups excluding carboxylic acids is 3. The fourth-order valence-corrected chi connectivity index (χ4v) is 1.66. The number of aliphatic hydroxyl groups is 1. The van der Waals surface area contributed by atoms with Gasteiger partial charge in [0.15, 0.2) is 0 Å². The minimum absolute atomic E-state index is 0.0462. The Balaban J connectivity index is 2.69. The first kappa shape index (κ1) is 12.8. The fourth-order valence-electron chi connectivity index (χ4n) is 1.66. The number of urea groups is 1. The third-order valence-corrected chi connectivity index (χ3v) is 2.51. The topological polar surface area (TPSA) is 149 Å². The minimum Gasteiger partial charge on any atom is -0.872 e. The van der Waals surface area contributed by atoms with Crippen LogP contribution in [0.4, 0.5) is 4.79 Å². The molecular weight excluding hydrogens is 260 g/mol. The van der Waals surface area contributed by atoms with Crippen LogP contribution >= 0.6 is 0 Å². The Bertz CT molecular complexity index is 640. The van der Waals surface area contributed by atoms with E-state index in [1.54, 1.807) is 10.6 Å². The quantitative estimate of drug-likeness (QED) is 0.479. The molecule has 0 aliphatic carbocycles. The van der Waals surface area contributed by atoms with Gasteiger partial charge in [0.2, 0.25) is 0 Å². The minimum atomic E-state index is -3.10. The smallest absolute Gasteiger partial charge is 0.342 e. The first-order valence-corrected chi connectivity index (χ1v) is 4.98. The SMILES string of the molecule is Cc1cc([O-])c(C2(O)C(=O)NC(=O)NC2=O)c(=O)o1. The predicted molar refractivity (Wildman–Crippen MR) is 54.7 cm³/mol. The molecule has 1 aromatic heterocycles. The molecule has 2 heterocycles.